The minimum atomic E-state index is -1.01. The maximum atomic E-state index is 4.01. The molecule has 1 rings (SSSR count). The molecule has 0 aromatic carbocycles. The predicted octanol–water partition coefficient (Wildman–Crippen LogP) is 1.47. The Hall–Kier alpha value is -0.370. The summed E-state index contributed by atoms with van der Waals surface area (Å²) < 4.78 is 3.11. The maximum absolute atomic E-state index is 4.01. The quantitative estimate of drug-likeness (QED) is 0.590. The Kier molecular flexibility index (Phi) is 1.58. The smallest absolute Gasteiger partial charge is 0.0109 e. The second kappa shape index (κ2) is 2.10. The van der Waals surface area contributed by atoms with Gasteiger partial charge in [0.2, 0.25) is 0 Å². The van der Waals surface area contributed by atoms with Crippen molar-refractivity contribution in [3.8, 4) is 0 Å². The van der Waals surface area contributed by atoms with Crippen molar-refractivity contribution in [1.82, 2.24) is 4.72 Å². The molecular weight excluding hydrogens is 130 g/mol. The molecule has 0 aromatic heterocycles. The maximum Gasteiger partial charge on any atom is 0.0109 e. The molecule has 1 N–H and O–H groups in total. The summed E-state index contributed by atoms with van der Waals surface area (Å²) in [7, 11) is -1.01. The van der Waals surface area contributed by atoms with Gasteiger partial charge in [-0.1, -0.05) is 18.3 Å². The zero-order valence-corrected chi connectivity index (χ0v) is 6.41. The van der Waals surface area contributed by atoms with E-state index in [2.05, 4.69) is 23.0 Å². The number of rotatable bonds is 3. The Morgan fingerprint density at radius 1 is 1.44 bits per heavy atom. The van der Waals surface area contributed by atoms with E-state index in [1.54, 1.807) is 6.20 Å². The number of hydrogen-bond donors (Lipinski definition) is 1. The van der Waals surface area contributed by atoms with Gasteiger partial charge in [0.15, 0.2) is 0 Å². The van der Waals surface area contributed by atoms with Crippen LogP contribution in [0.5, 0.6) is 0 Å². The zero-order valence-electron chi connectivity index (χ0n) is 5.60. The molecule has 9 heavy (non-hydrogen) atoms. The summed E-state index contributed by atoms with van der Waals surface area (Å²) in [5, 5.41) is 0.746. The van der Waals surface area contributed by atoms with E-state index >= 15 is 0 Å². The monoisotopic (exact) mass is 143 g/mol. The Balaban J connectivity index is 2.60. The summed E-state index contributed by atoms with van der Waals surface area (Å²) in [6, 6.07) is 0. The van der Waals surface area contributed by atoms with Crippen LogP contribution in [0.2, 0.25) is 0 Å². The van der Waals surface area contributed by atoms with Gasteiger partial charge in [-0.15, -0.1) is 9.39 Å². The van der Waals surface area contributed by atoms with Crippen molar-refractivity contribution in [1.29, 1.82) is 0 Å². The van der Waals surface area contributed by atoms with Gasteiger partial charge in [-0.05, 0) is 19.0 Å². The number of hydrogen-bond acceptors (Lipinski definition) is 1. The predicted molar refractivity (Wildman–Crippen MR) is 48.2 cm³/mol. The molecule has 0 atom stereocenters. The summed E-state index contributed by atoms with van der Waals surface area (Å²) in [6.07, 6.45) is 4.29. The van der Waals surface area contributed by atoms with Gasteiger partial charge in [-0.25, -0.2) is 0 Å². The van der Waals surface area contributed by atoms with E-state index in [0.717, 1.165) is 5.25 Å². The lowest BCUT2D eigenvalue weighted by atomic mass is 11.0. The summed E-state index contributed by atoms with van der Waals surface area (Å²) in [6.45, 7) is 3.59. The van der Waals surface area contributed by atoms with Crippen LogP contribution >= 0.6 is 9.39 Å². The van der Waals surface area contributed by atoms with Crippen molar-refractivity contribution >= 4 is 21.1 Å². The molecule has 0 saturated heterocycles. The fourth-order valence-electron chi connectivity index (χ4n) is 0.781. The lowest BCUT2D eigenvalue weighted by Gasteiger charge is -2.11. The van der Waals surface area contributed by atoms with Crippen molar-refractivity contribution in [3.05, 3.63) is 12.8 Å². The fraction of sp³-hybridized carbons (Fsp3) is 0.429. The van der Waals surface area contributed by atoms with Crippen molar-refractivity contribution in [2.45, 2.75) is 18.1 Å². The van der Waals surface area contributed by atoms with Gasteiger partial charge in [-0.2, -0.15) is 0 Å². The average Bonchev–Trinajstić information content (AvgIpc) is 2.41. The fourth-order valence-corrected chi connectivity index (χ4v) is 2.34. The van der Waals surface area contributed by atoms with Crippen molar-refractivity contribution in [2.75, 3.05) is 0 Å². The Bertz CT molecular complexity index is 197. The average molecular weight is 143 g/mol. The molecule has 0 amide bonds. The van der Waals surface area contributed by atoms with E-state index in [1.165, 1.54) is 12.8 Å². The third-order valence-corrected chi connectivity index (χ3v) is 3.86. The first-order valence-corrected chi connectivity index (χ1v) is 5.06. The van der Waals surface area contributed by atoms with Crippen LogP contribution < -0.4 is 4.72 Å². The molecule has 1 fully saturated rings. The normalized spacial score (nSPS) is 19.1. The van der Waals surface area contributed by atoms with Crippen LogP contribution in [0.3, 0.4) is 0 Å². The van der Waals surface area contributed by atoms with Crippen LogP contribution in [0.1, 0.15) is 12.8 Å². The molecule has 1 nitrogen and oxygen atoms in total. The van der Waals surface area contributed by atoms with E-state index in [-0.39, 0.29) is 0 Å². The van der Waals surface area contributed by atoms with Crippen LogP contribution in [0.15, 0.2) is 12.8 Å². The summed E-state index contributed by atoms with van der Waals surface area (Å²) in [5.74, 6) is 8.02. The Morgan fingerprint density at radius 2 is 2.00 bits per heavy atom. The highest BCUT2D eigenvalue weighted by molar-refractivity contribution is 8.26. The van der Waals surface area contributed by atoms with Crippen LogP contribution in [-0.2, 0) is 0 Å². The van der Waals surface area contributed by atoms with Gasteiger partial charge in [0, 0.05) is 5.25 Å². The minimum Gasteiger partial charge on any atom is -0.348 e. The summed E-state index contributed by atoms with van der Waals surface area (Å²) in [5.41, 5.74) is 0. The van der Waals surface area contributed by atoms with E-state index in [4.69, 9.17) is 0 Å². The molecule has 1 aliphatic carbocycles. The van der Waals surface area contributed by atoms with Gasteiger partial charge in [0.25, 0.3) is 0 Å². The van der Waals surface area contributed by atoms with Gasteiger partial charge < -0.3 is 4.72 Å². The minimum absolute atomic E-state index is 0.746. The Morgan fingerprint density at radius 3 is 2.33 bits per heavy atom. The van der Waals surface area contributed by atoms with Gasteiger partial charge in [0.05, 0.1) is 0 Å². The molecule has 0 bridgehead atoms. The molecule has 0 aliphatic heterocycles. The standard InChI is InChI=1S/C7H13NS/c1-4-8-9(2,3)7-5-6-7/h4,7-8H,1-3,5-6H2. The summed E-state index contributed by atoms with van der Waals surface area (Å²) >= 11 is 0. The molecule has 1 saturated carbocycles. The molecular formula is C7H13NS. The third-order valence-electron chi connectivity index (χ3n) is 1.48. The Labute approximate surface area is 57.4 Å². The van der Waals surface area contributed by atoms with Crippen LogP contribution in [0.4, 0.5) is 0 Å². The van der Waals surface area contributed by atoms with E-state index in [0.29, 0.717) is 0 Å². The molecule has 0 unspecified atom stereocenters. The highest BCUT2D eigenvalue weighted by atomic mass is 32.2. The molecule has 0 spiro atoms. The molecule has 1 aliphatic rings. The lowest BCUT2D eigenvalue weighted by molar-refractivity contribution is 1.37. The van der Waals surface area contributed by atoms with Crippen molar-refractivity contribution in [3.63, 3.8) is 0 Å². The SMILES string of the molecule is C=CNS(=C)(=C)C1CC1. The lowest BCUT2D eigenvalue weighted by Crippen LogP contribution is -2.02. The van der Waals surface area contributed by atoms with Crippen molar-refractivity contribution in [2.24, 2.45) is 0 Å². The highest BCUT2D eigenvalue weighted by Crippen LogP contribution is 2.40. The zero-order chi connectivity index (χ0) is 6.91. The molecule has 0 radical (unpaired) electrons. The van der Waals surface area contributed by atoms with E-state index in [9.17, 15) is 0 Å². The van der Waals surface area contributed by atoms with Crippen LogP contribution in [-0.4, -0.2) is 17.0 Å². The highest BCUT2D eigenvalue weighted by Gasteiger charge is 2.25. The molecule has 2 heteroatoms. The second-order valence-electron chi connectivity index (χ2n) is 2.47. The van der Waals surface area contributed by atoms with Crippen LogP contribution in [0, 0.1) is 0 Å². The van der Waals surface area contributed by atoms with Gasteiger partial charge >= 0.3 is 0 Å². The first-order chi connectivity index (χ1) is 4.17. The van der Waals surface area contributed by atoms with Crippen LogP contribution in [0.25, 0.3) is 0 Å². The first kappa shape index (κ1) is 6.75. The van der Waals surface area contributed by atoms with E-state index in [1.807, 2.05) is 0 Å². The topological polar surface area (TPSA) is 12.0 Å². The van der Waals surface area contributed by atoms with Gasteiger partial charge in [-0.3, -0.25) is 0 Å². The summed E-state index contributed by atoms with van der Waals surface area (Å²) in [4.78, 5) is 0. The molecule has 0 aromatic rings. The molecule has 0 heterocycles. The van der Waals surface area contributed by atoms with Crippen molar-refractivity contribution < 1.29 is 0 Å². The first-order valence-electron chi connectivity index (χ1n) is 3.03. The third kappa shape index (κ3) is 1.52. The molecule has 52 valence electrons. The second-order valence-corrected chi connectivity index (χ2v) is 5.26. The van der Waals surface area contributed by atoms with Gasteiger partial charge in [0.1, 0.15) is 0 Å². The number of nitrogens with one attached hydrogen (secondary N) is 1. The largest absolute Gasteiger partial charge is 0.348 e. The van der Waals surface area contributed by atoms with E-state index < -0.39 is 9.39 Å².